The number of pyridine rings is 2. The van der Waals surface area contributed by atoms with E-state index in [1.54, 1.807) is 12.4 Å². The van der Waals surface area contributed by atoms with Gasteiger partial charge in [-0.25, -0.2) is 8.42 Å². The predicted molar refractivity (Wildman–Crippen MR) is 104 cm³/mol. The maximum Gasteiger partial charge on any atom is 0.218 e. The molecule has 1 aliphatic heterocycles. The Morgan fingerprint density at radius 3 is 2.81 bits per heavy atom. The Hall–Kier alpha value is -2.51. The number of aromatic nitrogens is 2. The molecule has 27 heavy (non-hydrogen) atoms. The number of aryl methyl sites for hydroxylation is 1. The summed E-state index contributed by atoms with van der Waals surface area (Å²) in [7, 11) is -3.44. The second-order valence-electron chi connectivity index (χ2n) is 6.77. The molecule has 1 atom stereocenters. The van der Waals surface area contributed by atoms with E-state index in [1.807, 2.05) is 49.4 Å². The summed E-state index contributed by atoms with van der Waals surface area (Å²) in [4.78, 5) is 8.57. The largest absolute Gasteiger partial charge is 0.487 e. The summed E-state index contributed by atoms with van der Waals surface area (Å²) in [6.45, 7) is 2.73. The first-order valence-electron chi connectivity index (χ1n) is 8.91. The van der Waals surface area contributed by atoms with Crippen LogP contribution in [0, 0.1) is 6.92 Å². The normalized spacial score (nSPS) is 18.0. The summed E-state index contributed by atoms with van der Waals surface area (Å²) in [6.07, 6.45) is 3.87. The van der Waals surface area contributed by atoms with Crippen molar-refractivity contribution in [2.75, 3.05) is 13.1 Å². The zero-order chi connectivity index (χ0) is 18.9. The number of para-hydroxylation sites is 1. The number of rotatable bonds is 5. The smallest absolute Gasteiger partial charge is 0.218 e. The molecule has 1 saturated heterocycles. The third kappa shape index (κ3) is 3.94. The van der Waals surface area contributed by atoms with Crippen LogP contribution in [0.4, 0.5) is 0 Å². The highest BCUT2D eigenvalue weighted by molar-refractivity contribution is 7.88. The number of hydrogen-bond acceptors (Lipinski definition) is 5. The molecule has 0 amide bonds. The third-order valence-corrected chi connectivity index (χ3v) is 6.54. The number of sulfonamides is 1. The minimum absolute atomic E-state index is 0.0554. The highest BCUT2D eigenvalue weighted by Crippen LogP contribution is 2.24. The van der Waals surface area contributed by atoms with Gasteiger partial charge < -0.3 is 4.74 Å². The topological polar surface area (TPSA) is 72.4 Å². The first-order chi connectivity index (χ1) is 13.0. The van der Waals surface area contributed by atoms with Crippen LogP contribution in [0.1, 0.15) is 17.7 Å². The van der Waals surface area contributed by atoms with E-state index in [9.17, 15) is 8.42 Å². The molecule has 4 rings (SSSR count). The molecule has 1 fully saturated rings. The number of nitrogens with zero attached hydrogens (tertiary/aromatic N) is 3. The molecule has 0 N–H and O–H groups in total. The molecule has 0 unspecified atom stereocenters. The van der Waals surface area contributed by atoms with Crippen LogP contribution in [0.2, 0.25) is 0 Å². The minimum atomic E-state index is -3.44. The fourth-order valence-corrected chi connectivity index (χ4v) is 4.92. The van der Waals surface area contributed by atoms with E-state index in [1.165, 1.54) is 4.31 Å². The monoisotopic (exact) mass is 383 g/mol. The van der Waals surface area contributed by atoms with Crippen LogP contribution in [0.15, 0.2) is 54.9 Å². The van der Waals surface area contributed by atoms with E-state index < -0.39 is 10.0 Å². The van der Waals surface area contributed by atoms with Gasteiger partial charge in [0.1, 0.15) is 11.9 Å². The van der Waals surface area contributed by atoms with Gasteiger partial charge >= 0.3 is 0 Å². The first kappa shape index (κ1) is 17.9. The summed E-state index contributed by atoms with van der Waals surface area (Å²) in [6, 6.07) is 13.2. The van der Waals surface area contributed by atoms with Crippen molar-refractivity contribution in [2.24, 2.45) is 0 Å². The summed E-state index contributed by atoms with van der Waals surface area (Å²) >= 11 is 0. The van der Waals surface area contributed by atoms with Crippen molar-refractivity contribution in [1.29, 1.82) is 0 Å². The molecule has 0 bridgehead atoms. The number of fused-ring (bicyclic) bond motifs is 1. The van der Waals surface area contributed by atoms with Crippen molar-refractivity contribution in [3.63, 3.8) is 0 Å². The molecule has 0 radical (unpaired) electrons. The Balaban J connectivity index is 1.47. The van der Waals surface area contributed by atoms with Crippen LogP contribution in [0.5, 0.6) is 5.75 Å². The Morgan fingerprint density at radius 2 is 2.00 bits per heavy atom. The Bertz CT molecular complexity index is 1050. The van der Waals surface area contributed by atoms with Crippen LogP contribution >= 0.6 is 0 Å². The molecule has 6 nitrogen and oxygen atoms in total. The zero-order valence-electron chi connectivity index (χ0n) is 15.1. The van der Waals surface area contributed by atoms with Gasteiger partial charge in [-0.2, -0.15) is 4.31 Å². The van der Waals surface area contributed by atoms with Crippen molar-refractivity contribution < 1.29 is 13.2 Å². The zero-order valence-corrected chi connectivity index (χ0v) is 15.9. The first-order valence-corrected chi connectivity index (χ1v) is 10.5. The number of hydrogen-bond donors (Lipinski definition) is 0. The molecular formula is C20H21N3O3S. The summed E-state index contributed by atoms with van der Waals surface area (Å²) in [5.74, 6) is 0.614. The fourth-order valence-electron chi connectivity index (χ4n) is 3.33. The predicted octanol–water partition coefficient (Wildman–Crippen LogP) is 2.92. The quantitative estimate of drug-likeness (QED) is 0.677. The Morgan fingerprint density at radius 1 is 1.15 bits per heavy atom. The number of benzene rings is 1. The number of ether oxygens (including phenoxy) is 1. The third-order valence-electron chi connectivity index (χ3n) is 4.74. The maximum absolute atomic E-state index is 12.9. The Kier molecular flexibility index (Phi) is 4.80. The standard InChI is InChI=1S/C20H21N3O3S/c1-15-7-8-18(12-22-15)26-19-9-11-23(13-19)27(24,25)14-17-5-2-4-16-6-3-10-21-20(16)17/h2-8,10,12,19H,9,11,13-14H2,1H3/t19-/m1/s1. The van der Waals surface area contributed by atoms with Crippen LogP contribution in [-0.4, -0.2) is 41.9 Å². The van der Waals surface area contributed by atoms with Gasteiger partial charge in [0.15, 0.2) is 0 Å². The second kappa shape index (κ2) is 7.25. The van der Waals surface area contributed by atoms with Crippen molar-refractivity contribution in [2.45, 2.75) is 25.2 Å². The van der Waals surface area contributed by atoms with Gasteiger partial charge in [0.25, 0.3) is 0 Å². The molecular weight excluding hydrogens is 362 g/mol. The van der Waals surface area contributed by atoms with E-state index in [0.717, 1.165) is 22.2 Å². The average molecular weight is 383 g/mol. The van der Waals surface area contributed by atoms with Crippen molar-refractivity contribution >= 4 is 20.9 Å². The average Bonchev–Trinajstić information content (AvgIpc) is 3.13. The molecule has 0 spiro atoms. The maximum atomic E-state index is 12.9. The van der Waals surface area contributed by atoms with Gasteiger partial charge in [0, 0.05) is 23.8 Å². The van der Waals surface area contributed by atoms with Crippen LogP contribution in [-0.2, 0) is 15.8 Å². The van der Waals surface area contributed by atoms with Crippen LogP contribution in [0.3, 0.4) is 0 Å². The van der Waals surface area contributed by atoms with E-state index >= 15 is 0 Å². The molecule has 3 heterocycles. The van der Waals surface area contributed by atoms with Crippen LogP contribution < -0.4 is 4.74 Å². The Labute approximate surface area is 158 Å². The molecule has 1 aliphatic rings. The summed E-state index contributed by atoms with van der Waals surface area (Å²) < 4.78 is 33.2. The molecule has 0 saturated carbocycles. The van der Waals surface area contributed by atoms with E-state index in [4.69, 9.17) is 4.74 Å². The molecule has 0 aliphatic carbocycles. The van der Waals surface area contributed by atoms with Crippen molar-refractivity contribution in [3.8, 4) is 5.75 Å². The van der Waals surface area contributed by atoms with Gasteiger partial charge in [0.05, 0.1) is 24.0 Å². The lowest BCUT2D eigenvalue weighted by Crippen LogP contribution is -2.32. The van der Waals surface area contributed by atoms with Gasteiger partial charge in [0.2, 0.25) is 10.0 Å². The van der Waals surface area contributed by atoms with Gasteiger partial charge in [-0.1, -0.05) is 24.3 Å². The lowest BCUT2D eigenvalue weighted by atomic mass is 10.1. The second-order valence-corrected chi connectivity index (χ2v) is 8.74. The molecule has 7 heteroatoms. The molecule has 1 aromatic carbocycles. The summed E-state index contributed by atoms with van der Waals surface area (Å²) in [5, 5.41) is 0.944. The van der Waals surface area contributed by atoms with E-state index in [2.05, 4.69) is 9.97 Å². The van der Waals surface area contributed by atoms with Crippen LogP contribution in [0.25, 0.3) is 10.9 Å². The lowest BCUT2D eigenvalue weighted by molar-refractivity contribution is 0.214. The van der Waals surface area contributed by atoms with E-state index in [0.29, 0.717) is 25.3 Å². The highest BCUT2D eigenvalue weighted by Gasteiger charge is 2.33. The fraction of sp³-hybridized carbons (Fsp3) is 0.300. The minimum Gasteiger partial charge on any atom is -0.487 e. The van der Waals surface area contributed by atoms with Gasteiger partial charge in [-0.05, 0) is 37.1 Å². The SMILES string of the molecule is Cc1ccc(O[C@@H]2CCN(S(=O)(=O)Cc3cccc4cccnc34)C2)cn1. The highest BCUT2D eigenvalue weighted by atomic mass is 32.2. The van der Waals surface area contributed by atoms with Gasteiger partial charge in [-0.3, -0.25) is 9.97 Å². The van der Waals surface area contributed by atoms with E-state index in [-0.39, 0.29) is 11.9 Å². The van der Waals surface area contributed by atoms with Crippen molar-refractivity contribution in [1.82, 2.24) is 14.3 Å². The molecule has 2 aromatic heterocycles. The van der Waals surface area contributed by atoms with Gasteiger partial charge in [-0.15, -0.1) is 0 Å². The molecule has 3 aromatic rings. The van der Waals surface area contributed by atoms with Crippen molar-refractivity contribution in [3.05, 3.63) is 66.1 Å². The lowest BCUT2D eigenvalue weighted by Gasteiger charge is -2.17. The molecule has 140 valence electrons. The summed E-state index contributed by atoms with van der Waals surface area (Å²) in [5.41, 5.74) is 2.38.